The number of nitrogens with one attached hydrogen (secondary N) is 1. The van der Waals surface area contributed by atoms with Gasteiger partial charge in [0.2, 0.25) is 0 Å². The Morgan fingerprint density at radius 1 is 1.29 bits per heavy atom. The van der Waals surface area contributed by atoms with Gasteiger partial charge in [0.15, 0.2) is 11.5 Å². The third kappa shape index (κ3) is 2.00. The number of ether oxygens (including phenoxy) is 2. The van der Waals surface area contributed by atoms with E-state index in [0.29, 0.717) is 25.2 Å². The van der Waals surface area contributed by atoms with Gasteiger partial charge in [-0.1, -0.05) is 19.1 Å². The van der Waals surface area contributed by atoms with Gasteiger partial charge in [0, 0.05) is 17.5 Å². The molecule has 17 heavy (non-hydrogen) atoms. The maximum atomic E-state index is 5.78. The molecule has 1 saturated heterocycles. The van der Waals surface area contributed by atoms with Crippen molar-refractivity contribution < 1.29 is 9.47 Å². The van der Waals surface area contributed by atoms with Crippen LogP contribution in [-0.4, -0.2) is 25.8 Å². The van der Waals surface area contributed by atoms with Crippen molar-refractivity contribution in [2.75, 3.05) is 19.8 Å². The van der Waals surface area contributed by atoms with Gasteiger partial charge in [0.25, 0.3) is 0 Å². The fraction of sp³-hybridized carbons (Fsp3) is 0.571. The molecule has 1 aromatic carbocycles. The van der Waals surface area contributed by atoms with Crippen LogP contribution in [0.3, 0.4) is 0 Å². The quantitative estimate of drug-likeness (QED) is 0.850. The summed E-state index contributed by atoms with van der Waals surface area (Å²) in [6, 6.07) is 6.80. The first-order chi connectivity index (χ1) is 8.36. The second kappa shape index (κ2) is 4.57. The molecule has 1 fully saturated rings. The molecule has 2 heterocycles. The molecule has 2 unspecified atom stereocenters. The highest BCUT2D eigenvalue weighted by molar-refractivity contribution is 5.49. The molecule has 92 valence electrons. The topological polar surface area (TPSA) is 30.5 Å². The van der Waals surface area contributed by atoms with Crippen LogP contribution in [0.4, 0.5) is 0 Å². The van der Waals surface area contributed by atoms with Crippen molar-refractivity contribution in [3.63, 3.8) is 0 Å². The van der Waals surface area contributed by atoms with Crippen molar-refractivity contribution in [3.8, 4) is 11.5 Å². The minimum absolute atomic E-state index is 0.481. The molecule has 2 atom stereocenters. The van der Waals surface area contributed by atoms with Gasteiger partial charge in [-0.15, -0.1) is 0 Å². The zero-order valence-electron chi connectivity index (χ0n) is 10.2. The van der Waals surface area contributed by atoms with Gasteiger partial charge < -0.3 is 14.8 Å². The molecule has 0 amide bonds. The average molecular weight is 233 g/mol. The summed E-state index contributed by atoms with van der Waals surface area (Å²) >= 11 is 0. The molecule has 2 aliphatic rings. The van der Waals surface area contributed by atoms with Gasteiger partial charge in [-0.05, 0) is 25.5 Å². The summed E-state index contributed by atoms with van der Waals surface area (Å²) in [4.78, 5) is 0. The minimum Gasteiger partial charge on any atom is -0.486 e. The zero-order valence-corrected chi connectivity index (χ0v) is 10.2. The molecule has 0 aliphatic carbocycles. The molecule has 3 nitrogen and oxygen atoms in total. The summed E-state index contributed by atoms with van der Waals surface area (Å²) in [6.07, 6.45) is 2.53. The minimum atomic E-state index is 0.481. The average Bonchev–Trinajstić information content (AvgIpc) is 2.91. The van der Waals surface area contributed by atoms with Crippen LogP contribution in [0.5, 0.6) is 11.5 Å². The van der Waals surface area contributed by atoms with Gasteiger partial charge >= 0.3 is 0 Å². The predicted octanol–water partition coefficient (Wildman–Crippen LogP) is 2.31. The van der Waals surface area contributed by atoms with Crippen LogP contribution in [0.15, 0.2) is 18.2 Å². The summed E-state index contributed by atoms with van der Waals surface area (Å²) in [5.41, 5.74) is 1.28. The lowest BCUT2D eigenvalue weighted by Crippen LogP contribution is -2.28. The molecule has 3 rings (SSSR count). The van der Waals surface area contributed by atoms with Gasteiger partial charge in [-0.25, -0.2) is 0 Å². The van der Waals surface area contributed by atoms with Crippen molar-refractivity contribution in [3.05, 3.63) is 23.8 Å². The normalized spacial score (nSPS) is 24.6. The third-order valence-corrected chi connectivity index (χ3v) is 3.79. The lowest BCUT2D eigenvalue weighted by atomic mass is 9.91. The largest absolute Gasteiger partial charge is 0.486 e. The van der Waals surface area contributed by atoms with E-state index in [1.807, 2.05) is 6.07 Å². The molecule has 0 aromatic heterocycles. The first-order valence-corrected chi connectivity index (χ1v) is 6.48. The molecular weight excluding hydrogens is 214 g/mol. The van der Waals surface area contributed by atoms with Gasteiger partial charge in [0.1, 0.15) is 13.2 Å². The maximum absolute atomic E-state index is 5.78. The number of para-hydroxylation sites is 1. The van der Waals surface area contributed by atoms with E-state index in [2.05, 4.69) is 24.4 Å². The van der Waals surface area contributed by atoms with E-state index < -0.39 is 0 Å². The lowest BCUT2D eigenvalue weighted by molar-refractivity contribution is 0.169. The standard InChI is InChI=1S/C14H19NO2/c1-10(12-5-3-7-15-12)11-4-2-6-13-14(11)17-9-8-16-13/h2,4,6,10,12,15H,3,5,7-9H2,1H3. The van der Waals surface area contributed by atoms with Crippen LogP contribution in [0.1, 0.15) is 31.2 Å². The van der Waals surface area contributed by atoms with Crippen molar-refractivity contribution in [1.82, 2.24) is 5.32 Å². The second-order valence-electron chi connectivity index (χ2n) is 4.86. The van der Waals surface area contributed by atoms with Crippen molar-refractivity contribution in [2.24, 2.45) is 0 Å². The molecule has 3 heteroatoms. The molecule has 2 aliphatic heterocycles. The highest BCUT2D eigenvalue weighted by atomic mass is 16.6. The molecule has 0 bridgehead atoms. The van der Waals surface area contributed by atoms with Crippen LogP contribution in [-0.2, 0) is 0 Å². The van der Waals surface area contributed by atoms with Crippen LogP contribution in [0.2, 0.25) is 0 Å². The lowest BCUT2D eigenvalue weighted by Gasteiger charge is -2.26. The molecule has 0 radical (unpaired) electrons. The summed E-state index contributed by atoms with van der Waals surface area (Å²) in [5.74, 6) is 2.34. The number of benzene rings is 1. The number of fused-ring (bicyclic) bond motifs is 1. The fourth-order valence-corrected chi connectivity index (χ4v) is 2.81. The first-order valence-electron chi connectivity index (χ1n) is 6.48. The van der Waals surface area contributed by atoms with E-state index in [-0.39, 0.29) is 0 Å². The molecule has 0 saturated carbocycles. The van der Waals surface area contributed by atoms with E-state index in [9.17, 15) is 0 Å². The second-order valence-corrected chi connectivity index (χ2v) is 4.86. The summed E-state index contributed by atoms with van der Waals surface area (Å²) in [7, 11) is 0. The van der Waals surface area contributed by atoms with Gasteiger partial charge in [-0.3, -0.25) is 0 Å². The summed E-state index contributed by atoms with van der Waals surface area (Å²) in [6.45, 7) is 4.74. The number of rotatable bonds is 2. The van der Waals surface area contributed by atoms with Crippen LogP contribution >= 0.6 is 0 Å². The molecule has 1 N–H and O–H groups in total. The Morgan fingerprint density at radius 3 is 3.00 bits per heavy atom. The van der Waals surface area contributed by atoms with E-state index in [4.69, 9.17) is 9.47 Å². The van der Waals surface area contributed by atoms with Crippen molar-refractivity contribution in [2.45, 2.75) is 31.7 Å². The Kier molecular flexibility index (Phi) is 2.93. The third-order valence-electron chi connectivity index (χ3n) is 3.79. The van der Waals surface area contributed by atoms with Crippen LogP contribution < -0.4 is 14.8 Å². The number of hydrogen-bond acceptors (Lipinski definition) is 3. The fourth-order valence-electron chi connectivity index (χ4n) is 2.81. The Labute approximate surface area is 102 Å². The maximum Gasteiger partial charge on any atom is 0.164 e. The summed E-state index contributed by atoms with van der Waals surface area (Å²) in [5, 5.41) is 3.57. The van der Waals surface area contributed by atoms with Crippen LogP contribution in [0.25, 0.3) is 0 Å². The summed E-state index contributed by atoms with van der Waals surface area (Å²) < 4.78 is 11.4. The van der Waals surface area contributed by atoms with E-state index in [1.165, 1.54) is 18.4 Å². The van der Waals surface area contributed by atoms with E-state index >= 15 is 0 Å². The Balaban J connectivity index is 1.91. The van der Waals surface area contributed by atoms with Gasteiger partial charge in [-0.2, -0.15) is 0 Å². The Morgan fingerprint density at radius 2 is 2.18 bits per heavy atom. The highest BCUT2D eigenvalue weighted by Gasteiger charge is 2.26. The van der Waals surface area contributed by atoms with Crippen molar-refractivity contribution >= 4 is 0 Å². The smallest absolute Gasteiger partial charge is 0.164 e. The molecule has 0 spiro atoms. The van der Waals surface area contributed by atoms with Crippen molar-refractivity contribution in [1.29, 1.82) is 0 Å². The molecule has 1 aromatic rings. The van der Waals surface area contributed by atoms with Gasteiger partial charge in [0.05, 0.1) is 0 Å². The number of hydrogen-bond donors (Lipinski definition) is 1. The Bertz CT molecular complexity index is 399. The van der Waals surface area contributed by atoms with E-state index in [0.717, 1.165) is 18.0 Å². The zero-order chi connectivity index (χ0) is 11.7. The SMILES string of the molecule is CC(c1cccc2c1OCCO2)C1CCCN1. The monoisotopic (exact) mass is 233 g/mol. The van der Waals surface area contributed by atoms with E-state index in [1.54, 1.807) is 0 Å². The Hall–Kier alpha value is -1.22. The van der Waals surface area contributed by atoms with Crippen LogP contribution in [0, 0.1) is 0 Å². The first kappa shape index (κ1) is 10.9. The molecular formula is C14H19NO2. The highest BCUT2D eigenvalue weighted by Crippen LogP contribution is 2.39. The predicted molar refractivity (Wildman–Crippen MR) is 66.9 cm³/mol.